The van der Waals surface area contributed by atoms with Crippen LogP contribution in [-0.2, 0) is 17.8 Å². The first kappa shape index (κ1) is 18.7. The molecule has 0 bridgehead atoms. The first-order valence-electron chi connectivity index (χ1n) is 7.81. The number of hydrogen-bond acceptors (Lipinski definition) is 6. The number of fused-ring (bicyclic) bond motifs is 2. The summed E-state index contributed by atoms with van der Waals surface area (Å²) in [6, 6.07) is 2.07. The Labute approximate surface area is 174 Å². The fraction of sp³-hybridized carbons (Fsp3) is 0.312. The number of benzene rings is 1. The second kappa shape index (κ2) is 7.39. The fourth-order valence-corrected chi connectivity index (χ4v) is 5.38. The maximum absolute atomic E-state index is 10.1. The molecule has 3 aromatic rings. The predicted octanol–water partition coefficient (Wildman–Crippen LogP) is 4.82. The number of aryl methyl sites for hydroxylation is 1. The summed E-state index contributed by atoms with van der Waals surface area (Å²) in [6.45, 7) is 2.25. The zero-order chi connectivity index (χ0) is 18.4. The largest absolute Gasteiger partial charge is 0.493 e. The number of halogens is 2. The highest BCUT2D eigenvalue weighted by Crippen LogP contribution is 2.42. The van der Waals surface area contributed by atoms with E-state index in [0.29, 0.717) is 28.5 Å². The van der Waals surface area contributed by atoms with Crippen molar-refractivity contribution in [3.05, 3.63) is 39.7 Å². The van der Waals surface area contributed by atoms with Crippen LogP contribution in [-0.4, -0.2) is 30.9 Å². The maximum atomic E-state index is 10.1. The molecule has 0 saturated heterocycles. The van der Waals surface area contributed by atoms with E-state index in [1.807, 2.05) is 23.8 Å². The van der Waals surface area contributed by atoms with Crippen LogP contribution < -0.4 is 0 Å². The first-order valence-corrected chi connectivity index (χ1v) is 13.5. The van der Waals surface area contributed by atoms with Crippen LogP contribution in [0.25, 0.3) is 10.9 Å². The molecule has 1 N–H and O–H groups in total. The Morgan fingerprint density at radius 1 is 1.46 bits per heavy atom. The summed E-state index contributed by atoms with van der Waals surface area (Å²) in [4.78, 5) is 8.66. The molecule has 0 fully saturated rings. The van der Waals surface area contributed by atoms with Crippen LogP contribution >= 0.6 is 51.8 Å². The fourth-order valence-electron chi connectivity index (χ4n) is 3.19. The van der Waals surface area contributed by atoms with Crippen molar-refractivity contribution >= 4 is 62.7 Å². The van der Waals surface area contributed by atoms with Gasteiger partial charge in [-0.25, -0.2) is 9.44 Å². The molecule has 1 aliphatic heterocycles. The van der Waals surface area contributed by atoms with Gasteiger partial charge in [0.2, 0.25) is 5.88 Å². The molecular weight excluding hydrogens is 506 g/mol. The van der Waals surface area contributed by atoms with Gasteiger partial charge >= 0.3 is 0 Å². The lowest BCUT2D eigenvalue weighted by atomic mass is 9.95. The van der Waals surface area contributed by atoms with E-state index in [4.69, 9.17) is 16.3 Å². The van der Waals surface area contributed by atoms with Crippen molar-refractivity contribution in [2.75, 3.05) is 6.26 Å². The predicted molar refractivity (Wildman–Crippen MR) is 114 cm³/mol. The van der Waals surface area contributed by atoms with Crippen LogP contribution in [0.5, 0.6) is 5.88 Å². The molecule has 2 unspecified atom stereocenters. The average Bonchev–Trinajstić information content (AvgIpc) is 3.04. The van der Waals surface area contributed by atoms with Crippen LogP contribution in [0, 0.1) is 6.92 Å². The third kappa shape index (κ3) is 3.09. The van der Waals surface area contributed by atoms with Gasteiger partial charge in [0.1, 0.15) is 0 Å². The number of hydrogen-bond donors (Lipinski definition) is 1. The van der Waals surface area contributed by atoms with Crippen molar-refractivity contribution in [1.82, 2.24) is 19.5 Å². The summed E-state index contributed by atoms with van der Waals surface area (Å²) in [5.74, 6) is -0.00258. The van der Waals surface area contributed by atoms with Crippen molar-refractivity contribution in [2.45, 2.75) is 31.2 Å². The number of aromatic hydroxyl groups is 1. The minimum atomic E-state index is -0.239. The van der Waals surface area contributed by atoms with Gasteiger partial charge in [-0.15, -0.1) is 0 Å². The molecule has 1 aliphatic rings. The van der Waals surface area contributed by atoms with Crippen molar-refractivity contribution < 1.29 is 9.84 Å². The number of thioether (sulfide) groups is 1. The molecule has 2 atom stereocenters. The SMILES string of the molecule is CSc1nc(O)c2c(n1)CC(c1c(Cl)c(C)cc3c1cnn3PI)OC2. The van der Waals surface area contributed by atoms with E-state index in [-0.39, 0.29) is 18.6 Å². The topological polar surface area (TPSA) is 73.1 Å². The van der Waals surface area contributed by atoms with Crippen molar-refractivity contribution in [3.8, 4) is 5.88 Å². The van der Waals surface area contributed by atoms with Gasteiger partial charge in [0.05, 0.1) is 47.1 Å². The summed E-state index contributed by atoms with van der Waals surface area (Å²) in [6.07, 6.45) is 4.55. The zero-order valence-corrected chi connectivity index (χ0v) is 18.7. The van der Waals surface area contributed by atoms with Gasteiger partial charge in [0.15, 0.2) is 5.16 Å². The van der Waals surface area contributed by atoms with Gasteiger partial charge in [-0.3, -0.25) is 0 Å². The van der Waals surface area contributed by atoms with E-state index in [1.54, 1.807) is 0 Å². The molecule has 2 aromatic heterocycles. The summed E-state index contributed by atoms with van der Waals surface area (Å²) < 4.78 is 8.04. The Balaban J connectivity index is 1.83. The lowest BCUT2D eigenvalue weighted by Crippen LogP contribution is -2.19. The van der Waals surface area contributed by atoms with Crippen molar-refractivity contribution in [1.29, 1.82) is 0 Å². The van der Waals surface area contributed by atoms with Crippen LogP contribution in [0.15, 0.2) is 17.4 Å². The highest BCUT2D eigenvalue weighted by molar-refractivity contribution is 14.2. The summed E-state index contributed by atoms with van der Waals surface area (Å²) in [7, 11) is 0. The molecule has 1 aromatic carbocycles. The molecule has 0 amide bonds. The Hall–Kier alpha value is -0.670. The summed E-state index contributed by atoms with van der Waals surface area (Å²) >= 11 is 10.4. The molecule has 0 radical (unpaired) electrons. The lowest BCUT2D eigenvalue weighted by molar-refractivity contribution is 0.0248. The molecule has 6 nitrogen and oxygen atoms in total. The molecule has 26 heavy (non-hydrogen) atoms. The third-order valence-electron chi connectivity index (χ3n) is 4.48. The van der Waals surface area contributed by atoms with Crippen LogP contribution in [0.4, 0.5) is 0 Å². The number of rotatable bonds is 3. The van der Waals surface area contributed by atoms with E-state index in [0.717, 1.165) is 27.7 Å². The molecule has 10 heteroatoms. The van der Waals surface area contributed by atoms with Crippen LogP contribution in [0.3, 0.4) is 0 Å². The number of nitrogens with zero attached hydrogens (tertiary/aromatic N) is 4. The van der Waals surface area contributed by atoms with Crippen molar-refractivity contribution in [2.24, 2.45) is 0 Å². The molecule has 3 heterocycles. The quantitative estimate of drug-likeness (QED) is 0.231. The van der Waals surface area contributed by atoms with Gasteiger partial charge in [0.25, 0.3) is 0 Å². The second-order valence-electron chi connectivity index (χ2n) is 5.96. The smallest absolute Gasteiger partial charge is 0.220 e. The van der Waals surface area contributed by atoms with E-state index >= 15 is 0 Å². The number of ether oxygens (including phenoxy) is 1. The van der Waals surface area contributed by atoms with E-state index < -0.39 is 0 Å². The van der Waals surface area contributed by atoms with Gasteiger partial charge in [-0.1, -0.05) is 23.4 Å². The molecular formula is C16H15ClIN4O2PS. The average molecular weight is 521 g/mol. The first-order chi connectivity index (χ1) is 12.5. The van der Waals surface area contributed by atoms with E-state index in [2.05, 4.69) is 43.2 Å². The van der Waals surface area contributed by atoms with E-state index in [1.165, 1.54) is 11.8 Å². The molecule has 0 spiro atoms. The molecule has 0 aliphatic carbocycles. The van der Waals surface area contributed by atoms with E-state index in [9.17, 15) is 5.11 Å². The Morgan fingerprint density at radius 3 is 3.00 bits per heavy atom. The van der Waals surface area contributed by atoms with Crippen LogP contribution in [0.1, 0.15) is 28.5 Å². The van der Waals surface area contributed by atoms with Gasteiger partial charge in [-0.05, 0) is 46.9 Å². The van der Waals surface area contributed by atoms with Crippen LogP contribution in [0.2, 0.25) is 5.02 Å². The molecule has 4 rings (SSSR count). The Bertz CT molecular complexity index is 1020. The third-order valence-corrected chi connectivity index (χ3v) is 7.41. The van der Waals surface area contributed by atoms with Crippen molar-refractivity contribution in [3.63, 3.8) is 0 Å². The van der Waals surface area contributed by atoms with Gasteiger partial charge in [-0.2, -0.15) is 10.1 Å². The monoisotopic (exact) mass is 520 g/mol. The zero-order valence-electron chi connectivity index (χ0n) is 14.0. The highest BCUT2D eigenvalue weighted by Gasteiger charge is 2.29. The second-order valence-corrected chi connectivity index (χ2v) is 9.15. The minimum Gasteiger partial charge on any atom is -0.493 e. The minimum absolute atomic E-state index is 0.00258. The Morgan fingerprint density at radius 2 is 2.27 bits per heavy atom. The molecule has 136 valence electrons. The van der Waals surface area contributed by atoms with Gasteiger partial charge < -0.3 is 9.84 Å². The lowest BCUT2D eigenvalue weighted by Gasteiger charge is -2.27. The Kier molecular flexibility index (Phi) is 5.31. The summed E-state index contributed by atoms with van der Waals surface area (Å²) in [5, 5.41) is 16.9. The van der Waals surface area contributed by atoms with Gasteiger partial charge in [0, 0.05) is 17.4 Å². The normalized spacial score (nSPS) is 17.3. The summed E-state index contributed by atoms with van der Waals surface area (Å²) in [5.41, 5.74) is 4.46. The number of aromatic nitrogens is 4. The standard InChI is InChI=1S/C16H15ClIN4O2PS/c1-7-3-11-8(5-19-22(11)25-18)13(14(7)17)12-4-10-9(6-24-12)15(23)21-16(20-10)26-2/h3,5,12,25H,4,6H2,1-2H3,(H,20,21,23). The maximum Gasteiger partial charge on any atom is 0.220 e. The molecule has 0 saturated carbocycles. The highest BCUT2D eigenvalue weighted by atomic mass is 127.